The van der Waals surface area contributed by atoms with Crippen LogP contribution in [0.15, 0.2) is 47.5 Å². The van der Waals surface area contributed by atoms with E-state index in [-0.39, 0.29) is 5.69 Å². The number of methoxy groups -OCH3 is 1. The molecule has 21 heavy (non-hydrogen) atoms. The second-order valence-corrected chi connectivity index (χ2v) is 4.30. The molecular formula is C14H12N4O3. The molecule has 3 heterocycles. The van der Waals surface area contributed by atoms with Gasteiger partial charge in [-0.2, -0.15) is 0 Å². The molecule has 0 aliphatic rings. The highest BCUT2D eigenvalue weighted by atomic mass is 16.5. The fraction of sp³-hybridized carbons (Fsp3) is 0.143. The molecule has 0 amide bonds. The molecule has 0 saturated heterocycles. The molecule has 7 nitrogen and oxygen atoms in total. The van der Waals surface area contributed by atoms with Gasteiger partial charge in [0, 0.05) is 23.5 Å². The number of carbonyl (C=O) groups excluding carboxylic acids is 1. The molecule has 3 aromatic rings. The summed E-state index contributed by atoms with van der Waals surface area (Å²) in [7, 11) is 1.31. The number of nitrogens with zero attached hydrogens (tertiary/aromatic N) is 4. The first-order chi connectivity index (χ1) is 10.3. The second-order valence-electron chi connectivity index (χ2n) is 4.30. The molecule has 0 aliphatic carbocycles. The van der Waals surface area contributed by atoms with Crippen LogP contribution in [0.25, 0.3) is 11.3 Å². The molecule has 3 aromatic heterocycles. The molecule has 0 atom stereocenters. The average Bonchev–Trinajstić information content (AvgIpc) is 3.17. The monoisotopic (exact) mass is 284 g/mol. The molecule has 0 saturated carbocycles. The van der Waals surface area contributed by atoms with Crippen LogP contribution in [-0.4, -0.2) is 33.1 Å². The van der Waals surface area contributed by atoms with Crippen LogP contribution < -0.4 is 0 Å². The predicted octanol–water partition coefficient (Wildman–Crippen LogP) is 1.77. The topological polar surface area (TPSA) is 83.0 Å². The maximum absolute atomic E-state index is 11.9. The lowest BCUT2D eigenvalue weighted by atomic mass is 10.1. The van der Waals surface area contributed by atoms with Crippen molar-refractivity contribution in [1.29, 1.82) is 0 Å². The first-order valence-electron chi connectivity index (χ1n) is 6.23. The van der Waals surface area contributed by atoms with Gasteiger partial charge in [-0.15, -0.1) is 5.10 Å². The quantitative estimate of drug-likeness (QED) is 0.679. The first-order valence-corrected chi connectivity index (χ1v) is 6.23. The van der Waals surface area contributed by atoms with Gasteiger partial charge in [0.25, 0.3) is 0 Å². The Bertz CT molecular complexity index is 735. The maximum Gasteiger partial charge on any atom is 0.360 e. The fourth-order valence-corrected chi connectivity index (χ4v) is 2.01. The van der Waals surface area contributed by atoms with E-state index in [1.165, 1.54) is 7.11 Å². The van der Waals surface area contributed by atoms with Gasteiger partial charge in [-0.05, 0) is 18.2 Å². The molecule has 3 rings (SSSR count). The van der Waals surface area contributed by atoms with Crippen molar-refractivity contribution in [2.24, 2.45) is 0 Å². The van der Waals surface area contributed by atoms with Crippen LogP contribution in [0.2, 0.25) is 0 Å². The minimum Gasteiger partial charge on any atom is -0.472 e. The molecule has 0 aromatic carbocycles. The van der Waals surface area contributed by atoms with E-state index in [9.17, 15) is 4.79 Å². The second kappa shape index (κ2) is 5.58. The van der Waals surface area contributed by atoms with Gasteiger partial charge in [0.15, 0.2) is 5.69 Å². The molecule has 0 bridgehead atoms. The Hall–Kier alpha value is -2.96. The Balaban J connectivity index is 2.08. The summed E-state index contributed by atoms with van der Waals surface area (Å²) in [5.41, 5.74) is 2.48. The lowest BCUT2D eigenvalue weighted by Gasteiger charge is -2.06. The Labute approximate surface area is 120 Å². The number of carbonyl (C=O) groups is 1. The Morgan fingerprint density at radius 2 is 2.14 bits per heavy atom. The third kappa shape index (κ3) is 2.53. The van der Waals surface area contributed by atoms with Crippen LogP contribution in [0.3, 0.4) is 0 Å². The molecule has 7 heteroatoms. The minimum absolute atomic E-state index is 0.173. The van der Waals surface area contributed by atoms with Gasteiger partial charge in [-0.3, -0.25) is 4.98 Å². The predicted molar refractivity (Wildman–Crippen MR) is 72.4 cm³/mol. The van der Waals surface area contributed by atoms with E-state index < -0.39 is 5.97 Å². The Morgan fingerprint density at radius 3 is 2.81 bits per heavy atom. The molecule has 0 fully saturated rings. The van der Waals surface area contributed by atoms with E-state index in [2.05, 4.69) is 15.3 Å². The summed E-state index contributed by atoms with van der Waals surface area (Å²) in [6, 6.07) is 5.41. The number of furan rings is 1. The number of pyridine rings is 1. The van der Waals surface area contributed by atoms with Gasteiger partial charge in [-0.1, -0.05) is 5.21 Å². The Kier molecular flexibility index (Phi) is 3.46. The van der Waals surface area contributed by atoms with E-state index in [0.29, 0.717) is 12.2 Å². The SMILES string of the molecule is COC(=O)c1nnn(Cc2ccoc2)c1-c1ccncc1. The van der Waals surface area contributed by atoms with Crippen LogP contribution in [0.5, 0.6) is 0 Å². The highest BCUT2D eigenvalue weighted by Gasteiger charge is 2.22. The van der Waals surface area contributed by atoms with Crippen molar-refractivity contribution in [2.75, 3.05) is 7.11 Å². The number of ether oxygens (including phenoxy) is 1. The van der Waals surface area contributed by atoms with Crippen molar-refractivity contribution in [2.45, 2.75) is 6.54 Å². The van der Waals surface area contributed by atoms with E-state index in [4.69, 9.17) is 9.15 Å². The lowest BCUT2D eigenvalue weighted by Crippen LogP contribution is -2.07. The number of hydrogen-bond donors (Lipinski definition) is 0. The summed E-state index contributed by atoms with van der Waals surface area (Å²) in [5.74, 6) is -0.528. The fourth-order valence-electron chi connectivity index (χ4n) is 2.01. The largest absolute Gasteiger partial charge is 0.472 e. The van der Waals surface area contributed by atoms with Crippen LogP contribution in [0.4, 0.5) is 0 Å². The standard InChI is InChI=1S/C14H12N4O3/c1-20-14(19)12-13(11-2-5-15-6-3-11)18(17-16-12)8-10-4-7-21-9-10/h2-7,9H,8H2,1H3. The highest BCUT2D eigenvalue weighted by molar-refractivity contribution is 5.93. The van der Waals surface area contributed by atoms with Crippen molar-refractivity contribution >= 4 is 5.97 Å². The number of esters is 1. The van der Waals surface area contributed by atoms with Gasteiger partial charge in [-0.25, -0.2) is 9.48 Å². The maximum atomic E-state index is 11.9. The lowest BCUT2D eigenvalue weighted by molar-refractivity contribution is 0.0595. The zero-order valence-corrected chi connectivity index (χ0v) is 11.3. The minimum atomic E-state index is -0.528. The summed E-state index contributed by atoms with van der Waals surface area (Å²) in [4.78, 5) is 15.8. The summed E-state index contributed by atoms with van der Waals surface area (Å²) < 4.78 is 11.4. The van der Waals surface area contributed by atoms with E-state index in [1.54, 1.807) is 41.7 Å². The normalized spacial score (nSPS) is 10.5. The molecule has 0 spiro atoms. The highest BCUT2D eigenvalue weighted by Crippen LogP contribution is 2.23. The van der Waals surface area contributed by atoms with Crippen LogP contribution in [0, 0.1) is 0 Å². The van der Waals surface area contributed by atoms with Crippen LogP contribution >= 0.6 is 0 Å². The summed E-state index contributed by atoms with van der Waals surface area (Å²) in [5, 5.41) is 7.97. The third-order valence-electron chi connectivity index (χ3n) is 2.98. The zero-order chi connectivity index (χ0) is 14.7. The average molecular weight is 284 g/mol. The van der Waals surface area contributed by atoms with Crippen LogP contribution in [0.1, 0.15) is 16.1 Å². The van der Waals surface area contributed by atoms with Gasteiger partial charge in [0.2, 0.25) is 0 Å². The summed E-state index contributed by atoms with van der Waals surface area (Å²) in [6.45, 7) is 0.443. The first kappa shape index (κ1) is 13.0. The van der Waals surface area contributed by atoms with Gasteiger partial charge < -0.3 is 9.15 Å². The van der Waals surface area contributed by atoms with Crippen molar-refractivity contribution in [3.63, 3.8) is 0 Å². The van der Waals surface area contributed by atoms with Crippen molar-refractivity contribution in [3.8, 4) is 11.3 Å². The third-order valence-corrected chi connectivity index (χ3v) is 2.98. The smallest absolute Gasteiger partial charge is 0.360 e. The molecule has 0 aliphatic heterocycles. The number of rotatable bonds is 4. The summed E-state index contributed by atoms with van der Waals surface area (Å²) in [6.07, 6.45) is 6.49. The van der Waals surface area contributed by atoms with Gasteiger partial charge in [0.05, 0.1) is 26.2 Å². The number of aromatic nitrogens is 4. The molecular weight excluding hydrogens is 272 g/mol. The van der Waals surface area contributed by atoms with Gasteiger partial charge >= 0.3 is 5.97 Å². The molecule has 0 radical (unpaired) electrons. The molecule has 0 unspecified atom stereocenters. The number of hydrogen-bond acceptors (Lipinski definition) is 6. The van der Waals surface area contributed by atoms with Crippen molar-refractivity contribution in [1.82, 2.24) is 20.0 Å². The van der Waals surface area contributed by atoms with E-state index >= 15 is 0 Å². The molecule has 0 N–H and O–H groups in total. The Morgan fingerprint density at radius 1 is 1.33 bits per heavy atom. The van der Waals surface area contributed by atoms with Gasteiger partial charge in [0.1, 0.15) is 5.69 Å². The zero-order valence-electron chi connectivity index (χ0n) is 11.3. The molecule has 106 valence electrons. The summed E-state index contributed by atoms with van der Waals surface area (Å²) >= 11 is 0. The van der Waals surface area contributed by atoms with Crippen molar-refractivity contribution in [3.05, 3.63) is 54.4 Å². The van der Waals surface area contributed by atoms with Crippen molar-refractivity contribution < 1.29 is 13.9 Å². The van der Waals surface area contributed by atoms with Crippen LogP contribution in [-0.2, 0) is 11.3 Å². The van der Waals surface area contributed by atoms with E-state index in [0.717, 1.165) is 11.1 Å². The van der Waals surface area contributed by atoms with E-state index in [1.807, 2.05) is 6.07 Å².